The molecule has 0 saturated carbocycles. The monoisotopic (exact) mass is 284 g/mol. The first kappa shape index (κ1) is 15.5. The van der Waals surface area contributed by atoms with Crippen molar-refractivity contribution in [2.45, 2.75) is 47.0 Å². The highest BCUT2D eigenvalue weighted by molar-refractivity contribution is 5.78. The lowest BCUT2D eigenvalue weighted by Gasteiger charge is -2.14. The van der Waals surface area contributed by atoms with Gasteiger partial charge in [0.2, 0.25) is 5.91 Å². The Labute approximate surface area is 127 Å². The van der Waals surface area contributed by atoms with Crippen LogP contribution in [0.3, 0.4) is 0 Å². The number of rotatable bonds is 4. The Morgan fingerprint density at radius 3 is 2.62 bits per heavy atom. The van der Waals surface area contributed by atoms with Crippen molar-refractivity contribution in [3.05, 3.63) is 53.1 Å². The zero-order valence-corrected chi connectivity index (χ0v) is 13.6. The minimum absolute atomic E-state index is 0.108. The number of carbonyl (C=O) groups excluding carboxylic acids is 1. The van der Waals surface area contributed by atoms with Gasteiger partial charge in [0.25, 0.3) is 0 Å². The third kappa shape index (κ3) is 3.41. The fourth-order valence-corrected chi connectivity index (χ4v) is 2.55. The molecule has 0 aliphatic rings. The standard InChI is InChI=1S/C18H24N2O/c1-12(2)9-18(21)20-10-17(19-11-20)15(5)16-8-6-7-13(3)14(16)4/h6-8,10-12,15H,9H2,1-5H3. The molecule has 3 heteroatoms. The molecular weight excluding hydrogens is 260 g/mol. The van der Waals surface area contributed by atoms with Crippen molar-refractivity contribution >= 4 is 5.91 Å². The summed E-state index contributed by atoms with van der Waals surface area (Å²) >= 11 is 0. The second kappa shape index (κ2) is 6.25. The van der Waals surface area contributed by atoms with Gasteiger partial charge in [-0.05, 0) is 36.5 Å². The van der Waals surface area contributed by atoms with Gasteiger partial charge in [0.15, 0.2) is 0 Å². The number of carbonyl (C=O) groups is 1. The molecule has 2 rings (SSSR count). The van der Waals surface area contributed by atoms with E-state index in [4.69, 9.17) is 0 Å². The van der Waals surface area contributed by atoms with Crippen LogP contribution in [0, 0.1) is 19.8 Å². The molecule has 0 spiro atoms. The Kier molecular flexibility index (Phi) is 4.61. The van der Waals surface area contributed by atoms with Crippen molar-refractivity contribution in [2.24, 2.45) is 5.92 Å². The van der Waals surface area contributed by atoms with E-state index >= 15 is 0 Å². The topological polar surface area (TPSA) is 34.9 Å². The molecule has 0 bridgehead atoms. The van der Waals surface area contributed by atoms with Crippen LogP contribution in [0.5, 0.6) is 0 Å². The van der Waals surface area contributed by atoms with Crippen molar-refractivity contribution < 1.29 is 4.79 Å². The quantitative estimate of drug-likeness (QED) is 0.837. The van der Waals surface area contributed by atoms with E-state index < -0.39 is 0 Å². The van der Waals surface area contributed by atoms with Crippen LogP contribution >= 0.6 is 0 Å². The van der Waals surface area contributed by atoms with E-state index in [0.717, 1.165) is 5.69 Å². The lowest BCUT2D eigenvalue weighted by molar-refractivity contribution is 0.0886. The van der Waals surface area contributed by atoms with Crippen molar-refractivity contribution in [2.75, 3.05) is 0 Å². The number of aryl methyl sites for hydroxylation is 1. The van der Waals surface area contributed by atoms with Crippen LogP contribution in [0.4, 0.5) is 0 Å². The Balaban J connectivity index is 2.25. The number of hydrogen-bond donors (Lipinski definition) is 0. The van der Waals surface area contributed by atoms with Gasteiger partial charge in [0, 0.05) is 18.5 Å². The normalized spacial score (nSPS) is 12.7. The van der Waals surface area contributed by atoms with Crippen LogP contribution in [0.25, 0.3) is 0 Å². The molecule has 1 aromatic carbocycles. The third-order valence-corrected chi connectivity index (χ3v) is 4.03. The van der Waals surface area contributed by atoms with Gasteiger partial charge >= 0.3 is 0 Å². The van der Waals surface area contributed by atoms with Gasteiger partial charge < -0.3 is 0 Å². The Bertz CT molecular complexity index is 640. The summed E-state index contributed by atoms with van der Waals surface area (Å²) in [5.41, 5.74) is 4.81. The second-order valence-electron chi connectivity index (χ2n) is 6.21. The molecule has 1 unspecified atom stereocenters. The first-order valence-electron chi connectivity index (χ1n) is 7.53. The van der Waals surface area contributed by atoms with E-state index in [0.29, 0.717) is 12.3 Å². The molecule has 0 radical (unpaired) electrons. The molecule has 1 aromatic heterocycles. The van der Waals surface area contributed by atoms with Gasteiger partial charge in [-0.25, -0.2) is 4.98 Å². The molecule has 0 aliphatic heterocycles. The highest BCUT2D eigenvalue weighted by Crippen LogP contribution is 2.27. The summed E-state index contributed by atoms with van der Waals surface area (Å²) in [6.07, 6.45) is 4.06. The third-order valence-electron chi connectivity index (χ3n) is 4.03. The van der Waals surface area contributed by atoms with Gasteiger partial charge in [-0.1, -0.05) is 39.0 Å². The molecule has 112 valence electrons. The van der Waals surface area contributed by atoms with Crippen LogP contribution in [-0.4, -0.2) is 15.5 Å². The van der Waals surface area contributed by atoms with Crippen molar-refractivity contribution in [3.8, 4) is 0 Å². The minimum Gasteiger partial charge on any atom is -0.276 e. The van der Waals surface area contributed by atoms with E-state index in [9.17, 15) is 4.79 Å². The maximum absolute atomic E-state index is 12.1. The van der Waals surface area contributed by atoms with Crippen molar-refractivity contribution in [1.82, 2.24) is 9.55 Å². The maximum atomic E-state index is 12.1. The molecular formula is C18H24N2O. The molecule has 0 amide bonds. The summed E-state index contributed by atoms with van der Waals surface area (Å²) in [5, 5.41) is 0. The van der Waals surface area contributed by atoms with E-state index in [1.807, 2.05) is 6.20 Å². The average Bonchev–Trinajstić information content (AvgIpc) is 2.90. The van der Waals surface area contributed by atoms with Gasteiger partial charge in [-0.3, -0.25) is 9.36 Å². The van der Waals surface area contributed by atoms with Gasteiger partial charge in [-0.2, -0.15) is 0 Å². The molecule has 3 nitrogen and oxygen atoms in total. The van der Waals surface area contributed by atoms with E-state index in [1.165, 1.54) is 16.7 Å². The molecule has 0 fully saturated rings. The first-order valence-corrected chi connectivity index (χ1v) is 7.53. The largest absolute Gasteiger partial charge is 0.276 e. The smallest absolute Gasteiger partial charge is 0.232 e. The number of imidazole rings is 1. The van der Waals surface area contributed by atoms with Crippen LogP contribution < -0.4 is 0 Å². The maximum Gasteiger partial charge on any atom is 0.232 e. The SMILES string of the molecule is Cc1cccc(C(C)c2cn(C(=O)CC(C)C)cn2)c1C. The highest BCUT2D eigenvalue weighted by Gasteiger charge is 2.16. The predicted octanol–water partition coefficient (Wildman–Crippen LogP) is 4.34. The Morgan fingerprint density at radius 2 is 1.95 bits per heavy atom. The first-order chi connectivity index (χ1) is 9.90. The molecule has 0 aliphatic carbocycles. The fourth-order valence-electron chi connectivity index (χ4n) is 2.55. The molecule has 0 N–H and O–H groups in total. The van der Waals surface area contributed by atoms with Gasteiger partial charge in [0.1, 0.15) is 6.33 Å². The fraction of sp³-hybridized carbons (Fsp3) is 0.444. The number of hydrogen-bond acceptors (Lipinski definition) is 2. The van der Waals surface area contributed by atoms with Crippen LogP contribution in [0.15, 0.2) is 30.7 Å². The minimum atomic E-state index is 0.108. The number of aromatic nitrogens is 2. The van der Waals surface area contributed by atoms with Crippen molar-refractivity contribution in [1.29, 1.82) is 0 Å². The number of benzene rings is 1. The highest BCUT2D eigenvalue weighted by atomic mass is 16.2. The molecule has 0 saturated heterocycles. The van der Waals surface area contributed by atoms with Gasteiger partial charge in [0.05, 0.1) is 5.69 Å². The van der Waals surface area contributed by atoms with Crippen LogP contribution in [-0.2, 0) is 0 Å². The summed E-state index contributed by atoms with van der Waals surface area (Å²) in [4.78, 5) is 16.5. The Morgan fingerprint density at radius 1 is 1.24 bits per heavy atom. The summed E-state index contributed by atoms with van der Waals surface area (Å²) in [6, 6.07) is 6.34. The summed E-state index contributed by atoms with van der Waals surface area (Å²) in [7, 11) is 0. The lowest BCUT2D eigenvalue weighted by atomic mass is 9.92. The summed E-state index contributed by atoms with van der Waals surface area (Å²) in [5.74, 6) is 0.662. The number of nitrogens with zero attached hydrogens (tertiary/aromatic N) is 2. The molecule has 21 heavy (non-hydrogen) atoms. The molecule has 2 aromatic rings. The summed E-state index contributed by atoms with van der Waals surface area (Å²) in [6.45, 7) is 10.5. The van der Waals surface area contributed by atoms with E-state index in [-0.39, 0.29) is 11.8 Å². The van der Waals surface area contributed by atoms with Gasteiger partial charge in [-0.15, -0.1) is 0 Å². The Hall–Kier alpha value is -1.90. The molecule has 1 atom stereocenters. The van der Waals surface area contributed by atoms with E-state index in [2.05, 4.69) is 57.8 Å². The van der Waals surface area contributed by atoms with Crippen LogP contribution in [0.2, 0.25) is 0 Å². The second-order valence-corrected chi connectivity index (χ2v) is 6.21. The predicted molar refractivity (Wildman–Crippen MR) is 85.7 cm³/mol. The lowest BCUT2D eigenvalue weighted by Crippen LogP contribution is -2.11. The van der Waals surface area contributed by atoms with Crippen LogP contribution in [0.1, 0.15) is 60.3 Å². The zero-order valence-electron chi connectivity index (χ0n) is 13.6. The van der Waals surface area contributed by atoms with Crippen molar-refractivity contribution in [3.63, 3.8) is 0 Å². The average molecular weight is 284 g/mol. The zero-order chi connectivity index (χ0) is 15.6. The molecule has 1 heterocycles. The summed E-state index contributed by atoms with van der Waals surface area (Å²) < 4.78 is 1.62. The van der Waals surface area contributed by atoms with E-state index in [1.54, 1.807) is 10.9 Å².